The molecule has 1 aliphatic heterocycles. The predicted octanol–water partition coefficient (Wildman–Crippen LogP) is 5.13. The van der Waals surface area contributed by atoms with Crippen LogP contribution >= 0.6 is 0 Å². The highest BCUT2D eigenvalue weighted by Crippen LogP contribution is 2.44. The van der Waals surface area contributed by atoms with Gasteiger partial charge >= 0.3 is 0 Å². The van der Waals surface area contributed by atoms with Crippen molar-refractivity contribution in [3.63, 3.8) is 0 Å². The Bertz CT molecular complexity index is 1720. The molecule has 4 aromatic rings. The summed E-state index contributed by atoms with van der Waals surface area (Å²) < 4.78 is 38.1. The fraction of sp³-hybridized carbons (Fsp3) is 0.286. The Morgan fingerprint density at radius 2 is 1.61 bits per heavy atom. The molecule has 0 atom stereocenters. The summed E-state index contributed by atoms with van der Waals surface area (Å²) in [6, 6.07) is 14.2. The van der Waals surface area contributed by atoms with E-state index >= 15 is 0 Å². The molecule has 1 N–H and O–H groups in total. The Kier molecular flexibility index (Phi) is 5.48. The SMILES string of the molecule is Cc1ccccc1-n1c(NS(=O)(=O)c2c(C)c(C)c3c(c2C)CC(C)(C)O3)nc2ccccc2c1=O. The van der Waals surface area contributed by atoms with Gasteiger partial charge in [0.1, 0.15) is 11.4 Å². The van der Waals surface area contributed by atoms with Crippen molar-refractivity contribution < 1.29 is 13.2 Å². The molecule has 8 heteroatoms. The van der Waals surface area contributed by atoms with Crippen LogP contribution in [0, 0.1) is 27.7 Å². The molecule has 0 saturated heterocycles. The van der Waals surface area contributed by atoms with Crippen molar-refractivity contribution in [1.82, 2.24) is 9.55 Å². The molecule has 0 amide bonds. The Morgan fingerprint density at radius 1 is 0.944 bits per heavy atom. The molecule has 0 spiro atoms. The summed E-state index contributed by atoms with van der Waals surface area (Å²) in [6.45, 7) is 11.3. The molecule has 186 valence electrons. The maximum absolute atomic E-state index is 14.0. The van der Waals surface area contributed by atoms with E-state index < -0.39 is 15.6 Å². The van der Waals surface area contributed by atoms with Gasteiger partial charge in [0.2, 0.25) is 5.95 Å². The number of para-hydroxylation sites is 2. The van der Waals surface area contributed by atoms with Gasteiger partial charge in [-0.05, 0) is 82.0 Å². The fourth-order valence-corrected chi connectivity index (χ4v) is 6.62. The van der Waals surface area contributed by atoms with Crippen LogP contribution in [0.5, 0.6) is 5.75 Å². The molecule has 3 aromatic carbocycles. The highest BCUT2D eigenvalue weighted by atomic mass is 32.2. The van der Waals surface area contributed by atoms with Crippen molar-refractivity contribution in [3.8, 4) is 11.4 Å². The lowest BCUT2D eigenvalue weighted by Gasteiger charge is -2.20. The van der Waals surface area contributed by atoms with Crippen molar-refractivity contribution in [2.75, 3.05) is 4.72 Å². The van der Waals surface area contributed by atoms with Gasteiger partial charge in [-0.15, -0.1) is 0 Å². The van der Waals surface area contributed by atoms with Gasteiger partial charge < -0.3 is 4.74 Å². The molecule has 0 fully saturated rings. The lowest BCUT2D eigenvalue weighted by Crippen LogP contribution is -2.27. The van der Waals surface area contributed by atoms with E-state index in [4.69, 9.17) is 4.74 Å². The van der Waals surface area contributed by atoms with E-state index in [2.05, 4.69) is 9.71 Å². The summed E-state index contributed by atoms with van der Waals surface area (Å²) in [6.07, 6.45) is 0.611. The van der Waals surface area contributed by atoms with E-state index in [0.29, 0.717) is 34.1 Å². The van der Waals surface area contributed by atoms with Crippen LogP contribution < -0.4 is 15.0 Å². The number of anilines is 1. The third-order valence-electron chi connectivity index (χ3n) is 6.92. The van der Waals surface area contributed by atoms with Crippen molar-refractivity contribution in [2.45, 2.75) is 58.5 Å². The summed E-state index contributed by atoms with van der Waals surface area (Å²) in [5.74, 6) is 0.705. The van der Waals surface area contributed by atoms with Gasteiger partial charge in [-0.25, -0.2) is 22.7 Å². The fourth-order valence-electron chi connectivity index (χ4n) is 5.06. The van der Waals surface area contributed by atoms with E-state index in [0.717, 1.165) is 22.4 Å². The van der Waals surface area contributed by atoms with Gasteiger partial charge in [0.05, 0.1) is 21.5 Å². The zero-order valence-corrected chi connectivity index (χ0v) is 22.1. The number of ether oxygens (including phenoxy) is 1. The number of hydrogen-bond donors (Lipinski definition) is 1. The standard InChI is InChI=1S/C28H29N3O4S/c1-16-11-7-10-14-23(16)31-26(32)20-12-8-9-13-22(20)29-27(31)30-36(33,34)25-18(3)17(2)24-21(19(25)4)15-28(5,6)35-24/h7-14H,15H2,1-6H3,(H,29,30). The minimum atomic E-state index is -4.11. The first kappa shape index (κ1) is 24.1. The van der Waals surface area contributed by atoms with E-state index in [-0.39, 0.29) is 16.4 Å². The van der Waals surface area contributed by atoms with Gasteiger partial charge in [-0.2, -0.15) is 0 Å². The van der Waals surface area contributed by atoms with E-state index in [1.807, 2.05) is 52.8 Å². The van der Waals surface area contributed by atoms with E-state index in [1.54, 1.807) is 37.3 Å². The van der Waals surface area contributed by atoms with Crippen LogP contribution in [0.1, 0.15) is 41.7 Å². The molecule has 1 aliphatic rings. The average molecular weight is 504 g/mol. The monoisotopic (exact) mass is 503 g/mol. The molecule has 2 heterocycles. The van der Waals surface area contributed by atoms with Gasteiger partial charge in [0.15, 0.2) is 0 Å². The number of aromatic nitrogens is 2. The van der Waals surface area contributed by atoms with Crippen LogP contribution in [0.4, 0.5) is 5.95 Å². The summed E-state index contributed by atoms with van der Waals surface area (Å²) in [7, 11) is -4.11. The van der Waals surface area contributed by atoms with Crippen LogP contribution in [0.15, 0.2) is 58.2 Å². The van der Waals surface area contributed by atoms with Crippen molar-refractivity contribution in [2.24, 2.45) is 0 Å². The van der Waals surface area contributed by atoms with E-state index in [1.165, 1.54) is 4.57 Å². The molecular weight excluding hydrogens is 474 g/mol. The topological polar surface area (TPSA) is 90.3 Å². The number of rotatable bonds is 4. The first-order chi connectivity index (χ1) is 16.9. The molecule has 7 nitrogen and oxygen atoms in total. The van der Waals surface area contributed by atoms with Gasteiger partial charge in [0, 0.05) is 12.0 Å². The quantitative estimate of drug-likeness (QED) is 0.417. The molecular formula is C28H29N3O4S. The minimum absolute atomic E-state index is 0.0541. The first-order valence-electron chi connectivity index (χ1n) is 11.8. The van der Waals surface area contributed by atoms with Gasteiger partial charge in [-0.3, -0.25) is 4.79 Å². The number of fused-ring (bicyclic) bond motifs is 2. The highest BCUT2D eigenvalue weighted by Gasteiger charge is 2.37. The summed E-state index contributed by atoms with van der Waals surface area (Å²) in [5, 5.41) is 0.406. The number of aryl methyl sites for hydroxylation is 1. The number of benzene rings is 3. The van der Waals surface area contributed by atoms with Crippen LogP contribution in [0.25, 0.3) is 16.6 Å². The number of sulfonamides is 1. The van der Waals surface area contributed by atoms with Crippen molar-refractivity contribution >= 4 is 26.9 Å². The van der Waals surface area contributed by atoms with E-state index in [9.17, 15) is 13.2 Å². The third kappa shape index (κ3) is 3.76. The molecule has 1 aromatic heterocycles. The second-order valence-corrected chi connectivity index (χ2v) is 11.7. The molecule has 0 aliphatic carbocycles. The number of hydrogen-bond acceptors (Lipinski definition) is 5. The second-order valence-electron chi connectivity index (χ2n) is 10.0. The van der Waals surface area contributed by atoms with Crippen LogP contribution in [-0.4, -0.2) is 23.6 Å². The summed E-state index contributed by atoms with van der Waals surface area (Å²) >= 11 is 0. The molecule has 0 saturated carbocycles. The largest absolute Gasteiger partial charge is 0.487 e. The Labute approximate surface area is 210 Å². The minimum Gasteiger partial charge on any atom is -0.487 e. The normalized spacial score (nSPS) is 14.5. The van der Waals surface area contributed by atoms with Gasteiger partial charge in [0.25, 0.3) is 15.6 Å². The summed E-state index contributed by atoms with van der Waals surface area (Å²) in [4.78, 5) is 18.4. The second kappa shape index (κ2) is 8.20. The number of nitrogens with one attached hydrogen (secondary N) is 1. The lowest BCUT2D eigenvalue weighted by atomic mass is 9.94. The highest BCUT2D eigenvalue weighted by molar-refractivity contribution is 7.92. The predicted molar refractivity (Wildman–Crippen MR) is 142 cm³/mol. The molecule has 0 bridgehead atoms. The van der Waals surface area contributed by atoms with Crippen molar-refractivity contribution in [3.05, 3.63) is 86.7 Å². The van der Waals surface area contributed by atoms with Crippen LogP contribution in [-0.2, 0) is 16.4 Å². The maximum atomic E-state index is 14.0. The van der Waals surface area contributed by atoms with Gasteiger partial charge in [-0.1, -0.05) is 30.3 Å². The van der Waals surface area contributed by atoms with Crippen LogP contribution in [0.2, 0.25) is 0 Å². The van der Waals surface area contributed by atoms with Crippen molar-refractivity contribution in [1.29, 1.82) is 0 Å². The Balaban J connectivity index is 1.74. The molecule has 0 unspecified atom stereocenters. The third-order valence-corrected chi connectivity index (χ3v) is 8.52. The molecule has 0 radical (unpaired) electrons. The molecule has 5 rings (SSSR count). The zero-order chi connectivity index (χ0) is 26.0. The summed E-state index contributed by atoms with van der Waals surface area (Å²) in [5.41, 5.74) is 3.99. The first-order valence-corrected chi connectivity index (χ1v) is 13.3. The zero-order valence-electron chi connectivity index (χ0n) is 21.3. The molecule has 36 heavy (non-hydrogen) atoms. The maximum Gasteiger partial charge on any atom is 0.267 e. The average Bonchev–Trinajstić information content (AvgIpc) is 3.14. The Hall–Kier alpha value is -3.65. The number of nitrogens with zero attached hydrogens (tertiary/aromatic N) is 2. The smallest absolute Gasteiger partial charge is 0.267 e. The lowest BCUT2D eigenvalue weighted by molar-refractivity contribution is 0.137. The van der Waals surface area contributed by atoms with Crippen LogP contribution in [0.3, 0.4) is 0 Å². The Morgan fingerprint density at radius 3 is 2.33 bits per heavy atom.